The molecule has 2 aliphatic heterocycles. The largest absolute Gasteiger partial charge is 0.305 e. The molecule has 50 valence electrons. The number of carbonyl (C=O) groups is 1. The Bertz CT molecular complexity index is 260. The van der Waals surface area contributed by atoms with Gasteiger partial charge in [-0.25, -0.2) is 0 Å². The first-order chi connectivity index (χ1) is 4.88. The highest BCUT2D eigenvalue weighted by Crippen LogP contribution is 2.17. The third-order valence-corrected chi connectivity index (χ3v) is 1.67. The van der Waals surface area contributed by atoms with E-state index in [0.29, 0.717) is 0 Å². The minimum Gasteiger partial charge on any atom is -0.305 e. The van der Waals surface area contributed by atoms with E-state index in [9.17, 15) is 4.79 Å². The Morgan fingerprint density at radius 1 is 1.40 bits per heavy atom. The van der Waals surface area contributed by atoms with Crippen LogP contribution in [0.15, 0.2) is 36.1 Å². The predicted octanol–water partition coefficient (Wildman–Crippen LogP) is 0.838. The van der Waals surface area contributed by atoms with E-state index in [1.165, 1.54) is 0 Å². The van der Waals surface area contributed by atoms with Crippen LogP contribution in [0, 0.1) is 0 Å². The lowest BCUT2D eigenvalue weighted by atomic mass is 10.3. The molecule has 0 aromatic carbocycles. The Kier molecular flexibility index (Phi) is 1.01. The van der Waals surface area contributed by atoms with E-state index in [4.69, 9.17) is 0 Å². The molecule has 0 saturated carbocycles. The second-order valence-electron chi connectivity index (χ2n) is 2.30. The minimum absolute atomic E-state index is 0.0931. The highest BCUT2D eigenvalue weighted by molar-refractivity contribution is 5.93. The van der Waals surface area contributed by atoms with Gasteiger partial charge in [0.2, 0.25) is 0 Å². The molecular formula is C8H7NO. The van der Waals surface area contributed by atoms with Crippen molar-refractivity contribution in [3.63, 3.8) is 0 Å². The molecule has 0 aliphatic carbocycles. The molecule has 0 fully saturated rings. The number of hydrogen-bond acceptors (Lipinski definition) is 1. The summed E-state index contributed by atoms with van der Waals surface area (Å²) in [5, 5.41) is 0. The summed E-state index contributed by atoms with van der Waals surface area (Å²) in [6, 6.07) is 0. The Morgan fingerprint density at radius 2 is 2.30 bits per heavy atom. The second-order valence-corrected chi connectivity index (χ2v) is 2.30. The summed E-state index contributed by atoms with van der Waals surface area (Å²) >= 11 is 0. The normalized spacial score (nSPS) is 21.4. The number of carbonyl (C=O) groups excluding carboxylic acids is 1. The number of rotatable bonds is 0. The molecule has 1 amide bonds. The summed E-state index contributed by atoms with van der Waals surface area (Å²) in [5.41, 5.74) is 1.01. The number of fused-ring (bicyclic) bond motifs is 1. The zero-order chi connectivity index (χ0) is 6.97. The van der Waals surface area contributed by atoms with Crippen molar-refractivity contribution in [1.29, 1.82) is 0 Å². The average Bonchev–Trinajstić information content (AvgIpc) is 2.34. The molecule has 2 nitrogen and oxygen atoms in total. The van der Waals surface area contributed by atoms with Crippen LogP contribution in [0.25, 0.3) is 0 Å². The van der Waals surface area contributed by atoms with Crippen molar-refractivity contribution in [1.82, 2.24) is 4.90 Å². The maximum Gasteiger partial charge on any atom is 0.251 e. The van der Waals surface area contributed by atoms with Crippen LogP contribution in [-0.2, 0) is 4.79 Å². The molecule has 0 saturated heterocycles. The van der Waals surface area contributed by atoms with Crippen LogP contribution >= 0.6 is 0 Å². The van der Waals surface area contributed by atoms with Gasteiger partial charge in [0.25, 0.3) is 5.91 Å². The third-order valence-electron chi connectivity index (χ3n) is 1.67. The number of allylic oxidation sites excluding steroid dienone is 3. The molecule has 0 unspecified atom stereocenters. The van der Waals surface area contributed by atoms with Gasteiger partial charge in [0.1, 0.15) is 0 Å². The standard InChI is InChI=1S/C8H7NO/c10-8-5-4-7-3-1-2-6-9(7)8/h1-5H,6H2. The summed E-state index contributed by atoms with van der Waals surface area (Å²) in [6.45, 7) is 0.720. The number of hydrogen-bond donors (Lipinski definition) is 0. The van der Waals surface area contributed by atoms with E-state index in [0.717, 1.165) is 12.2 Å². The van der Waals surface area contributed by atoms with Gasteiger partial charge < -0.3 is 4.90 Å². The van der Waals surface area contributed by atoms with Crippen LogP contribution in [0.1, 0.15) is 0 Å². The van der Waals surface area contributed by atoms with Gasteiger partial charge in [0, 0.05) is 18.3 Å². The first kappa shape index (κ1) is 5.47. The van der Waals surface area contributed by atoms with Crippen molar-refractivity contribution in [3.05, 3.63) is 36.1 Å². The van der Waals surface area contributed by atoms with Gasteiger partial charge in [-0.1, -0.05) is 12.2 Å². The zero-order valence-corrected chi connectivity index (χ0v) is 5.45. The van der Waals surface area contributed by atoms with Crippen molar-refractivity contribution in [2.75, 3.05) is 6.54 Å². The monoisotopic (exact) mass is 133 g/mol. The van der Waals surface area contributed by atoms with E-state index in [2.05, 4.69) is 0 Å². The molecule has 10 heavy (non-hydrogen) atoms. The van der Waals surface area contributed by atoms with Gasteiger partial charge in [0.05, 0.1) is 0 Å². The number of nitrogens with zero attached hydrogens (tertiary/aromatic N) is 1. The lowest BCUT2D eigenvalue weighted by molar-refractivity contribution is -0.122. The molecule has 0 aromatic rings. The maximum absolute atomic E-state index is 11.0. The van der Waals surface area contributed by atoms with Crippen molar-refractivity contribution >= 4 is 5.91 Å². The number of amides is 1. The van der Waals surface area contributed by atoms with Crippen LogP contribution < -0.4 is 0 Å². The van der Waals surface area contributed by atoms with Gasteiger partial charge in [-0.05, 0) is 12.2 Å². The molecule has 2 aliphatic rings. The summed E-state index contributed by atoms with van der Waals surface area (Å²) < 4.78 is 0. The quantitative estimate of drug-likeness (QED) is 0.479. The fourth-order valence-corrected chi connectivity index (χ4v) is 1.14. The highest BCUT2D eigenvalue weighted by atomic mass is 16.2. The average molecular weight is 133 g/mol. The first-order valence-corrected chi connectivity index (χ1v) is 3.24. The summed E-state index contributed by atoms with van der Waals surface area (Å²) in [4.78, 5) is 12.7. The fourth-order valence-electron chi connectivity index (χ4n) is 1.14. The van der Waals surface area contributed by atoms with E-state index < -0.39 is 0 Å². The molecule has 0 spiro atoms. The summed E-state index contributed by atoms with van der Waals surface area (Å²) in [7, 11) is 0. The van der Waals surface area contributed by atoms with Gasteiger partial charge in [0.15, 0.2) is 0 Å². The van der Waals surface area contributed by atoms with Crippen LogP contribution in [0.5, 0.6) is 0 Å². The van der Waals surface area contributed by atoms with E-state index in [-0.39, 0.29) is 5.91 Å². The lowest BCUT2D eigenvalue weighted by Crippen LogP contribution is -2.25. The Balaban J connectivity index is 2.39. The maximum atomic E-state index is 11.0. The zero-order valence-electron chi connectivity index (χ0n) is 5.45. The SMILES string of the molecule is O=C1C=CC2=CC=CCN12. The van der Waals surface area contributed by atoms with Gasteiger partial charge >= 0.3 is 0 Å². The lowest BCUT2D eigenvalue weighted by Gasteiger charge is -2.17. The predicted molar refractivity (Wildman–Crippen MR) is 38.1 cm³/mol. The molecule has 0 bridgehead atoms. The van der Waals surface area contributed by atoms with Crippen molar-refractivity contribution < 1.29 is 4.79 Å². The minimum atomic E-state index is 0.0931. The van der Waals surface area contributed by atoms with Gasteiger partial charge in [-0.3, -0.25) is 4.79 Å². The van der Waals surface area contributed by atoms with Gasteiger partial charge in [-0.2, -0.15) is 0 Å². The first-order valence-electron chi connectivity index (χ1n) is 3.24. The molecule has 2 heterocycles. The molecule has 2 rings (SSSR count). The van der Waals surface area contributed by atoms with E-state index in [1.807, 2.05) is 24.3 Å². The Morgan fingerprint density at radius 3 is 3.10 bits per heavy atom. The summed E-state index contributed by atoms with van der Waals surface area (Å²) in [6.07, 6.45) is 9.30. The van der Waals surface area contributed by atoms with Crippen LogP contribution in [0.3, 0.4) is 0 Å². The third kappa shape index (κ3) is 0.620. The Labute approximate surface area is 59.1 Å². The molecule has 0 atom stereocenters. The van der Waals surface area contributed by atoms with Crippen molar-refractivity contribution in [2.24, 2.45) is 0 Å². The van der Waals surface area contributed by atoms with Crippen molar-refractivity contribution in [2.45, 2.75) is 0 Å². The van der Waals surface area contributed by atoms with Crippen LogP contribution in [-0.4, -0.2) is 17.4 Å². The highest BCUT2D eigenvalue weighted by Gasteiger charge is 2.19. The van der Waals surface area contributed by atoms with E-state index >= 15 is 0 Å². The molecule has 0 aromatic heterocycles. The molecule has 2 heteroatoms. The topological polar surface area (TPSA) is 20.3 Å². The molecule has 0 N–H and O–H groups in total. The van der Waals surface area contributed by atoms with Crippen LogP contribution in [0.2, 0.25) is 0 Å². The molecule has 0 radical (unpaired) electrons. The van der Waals surface area contributed by atoms with E-state index in [1.54, 1.807) is 11.0 Å². The smallest absolute Gasteiger partial charge is 0.251 e. The van der Waals surface area contributed by atoms with Gasteiger partial charge in [-0.15, -0.1) is 0 Å². The van der Waals surface area contributed by atoms with Crippen LogP contribution in [0.4, 0.5) is 0 Å². The second kappa shape index (κ2) is 1.84. The summed E-state index contributed by atoms with van der Waals surface area (Å²) in [5.74, 6) is 0.0931. The fraction of sp³-hybridized carbons (Fsp3) is 0.125. The Hall–Kier alpha value is -1.31. The molecular weight excluding hydrogens is 126 g/mol. The van der Waals surface area contributed by atoms with Crippen molar-refractivity contribution in [3.8, 4) is 0 Å².